The lowest BCUT2D eigenvalue weighted by atomic mass is 9.62. The standard InChI is InChI=1S/C28H34O4/c1-4-14-28(30)15-13-24-23-11-7-19-16-20(29)8-12-22(19)25(23)26(32-17-27(24,28)2)18-5-9-21(31-3)10-6-18/h4-7,9-10,23-24,26,30H,1,8,11-17H2,2-3H3/t23?,24?,26-,27-,28-/m0/s1. The zero-order chi connectivity index (χ0) is 22.5. The van der Waals surface area contributed by atoms with E-state index in [1.54, 1.807) is 7.11 Å². The minimum Gasteiger partial charge on any atom is -0.497 e. The molecule has 1 heterocycles. The number of hydrogen-bond donors (Lipinski definition) is 1. The first-order valence-corrected chi connectivity index (χ1v) is 11.9. The molecule has 1 N–H and O–H groups in total. The number of hydrogen-bond acceptors (Lipinski definition) is 4. The van der Waals surface area contributed by atoms with Crippen molar-refractivity contribution in [1.29, 1.82) is 0 Å². The Kier molecular flexibility index (Phi) is 5.42. The van der Waals surface area contributed by atoms with Crippen molar-refractivity contribution in [3.8, 4) is 5.75 Å². The minimum absolute atomic E-state index is 0.159. The molecule has 1 saturated heterocycles. The van der Waals surface area contributed by atoms with Gasteiger partial charge in [0.2, 0.25) is 0 Å². The lowest BCUT2D eigenvalue weighted by molar-refractivity contribution is -0.118. The maximum Gasteiger partial charge on any atom is 0.137 e. The van der Waals surface area contributed by atoms with Crippen molar-refractivity contribution in [2.45, 2.75) is 63.6 Å². The summed E-state index contributed by atoms with van der Waals surface area (Å²) < 4.78 is 12.1. The van der Waals surface area contributed by atoms with Crippen LogP contribution in [0.1, 0.15) is 63.5 Å². The molecule has 1 aliphatic heterocycles. The largest absolute Gasteiger partial charge is 0.497 e. The molecule has 4 aliphatic rings. The second kappa shape index (κ2) is 8.00. The van der Waals surface area contributed by atoms with Gasteiger partial charge in [0.05, 0.1) is 19.3 Å². The van der Waals surface area contributed by atoms with Crippen molar-refractivity contribution in [1.82, 2.24) is 0 Å². The molecule has 5 atom stereocenters. The summed E-state index contributed by atoms with van der Waals surface area (Å²) in [6.45, 7) is 6.65. The smallest absolute Gasteiger partial charge is 0.137 e. The van der Waals surface area contributed by atoms with E-state index in [1.807, 2.05) is 18.2 Å². The Bertz CT molecular complexity index is 987. The van der Waals surface area contributed by atoms with E-state index < -0.39 is 5.60 Å². The number of benzene rings is 1. The van der Waals surface area contributed by atoms with E-state index in [2.05, 4.69) is 31.7 Å². The summed E-state index contributed by atoms with van der Waals surface area (Å²) in [6.07, 6.45) is 9.23. The van der Waals surface area contributed by atoms with Crippen molar-refractivity contribution in [2.24, 2.45) is 17.3 Å². The second-order valence-corrected chi connectivity index (χ2v) is 10.3. The fourth-order valence-corrected chi connectivity index (χ4v) is 6.92. The summed E-state index contributed by atoms with van der Waals surface area (Å²) in [4.78, 5) is 12.2. The van der Waals surface area contributed by atoms with Gasteiger partial charge in [0.15, 0.2) is 0 Å². The Morgan fingerprint density at radius 2 is 2.06 bits per heavy atom. The Balaban J connectivity index is 1.63. The van der Waals surface area contributed by atoms with Crippen LogP contribution in [-0.2, 0) is 9.53 Å². The van der Waals surface area contributed by atoms with Crippen molar-refractivity contribution in [3.05, 3.63) is 65.3 Å². The highest BCUT2D eigenvalue weighted by molar-refractivity contribution is 5.84. The van der Waals surface area contributed by atoms with Crippen molar-refractivity contribution in [3.63, 3.8) is 0 Å². The maximum absolute atomic E-state index is 12.2. The van der Waals surface area contributed by atoms with Crippen molar-refractivity contribution >= 4 is 5.78 Å². The van der Waals surface area contributed by atoms with Crippen LogP contribution in [0.3, 0.4) is 0 Å². The highest BCUT2D eigenvalue weighted by atomic mass is 16.5. The number of carbonyl (C=O) groups is 1. The second-order valence-electron chi connectivity index (χ2n) is 10.3. The molecule has 0 radical (unpaired) electrons. The monoisotopic (exact) mass is 434 g/mol. The SMILES string of the molecule is C=CC[C@]1(O)CCC2C3CC=C4CC(=O)CCC4=C3[C@H](c3ccc(OC)cc3)OC[C@@]21C. The Hall–Kier alpha value is -2.17. The van der Waals surface area contributed by atoms with Crippen LogP contribution >= 0.6 is 0 Å². The first kappa shape index (κ1) is 21.7. The molecule has 2 saturated carbocycles. The maximum atomic E-state index is 12.2. The number of ketones is 1. The van der Waals surface area contributed by atoms with E-state index >= 15 is 0 Å². The number of methoxy groups -OCH3 is 1. The van der Waals surface area contributed by atoms with Crippen LogP contribution in [0.5, 0.6) is 5.75 Å². The minimum atomic E-state index is -0.795. The number of fused-ring (bicyclic) bond motifs is 4. The van der Waals surface area contributed by atoms with E-state index in [1.165, 1.54) is 16.7 Å². The molecule has 0 spiro atoms. The fraction of sp³-hybridized carbons (Fsp3) is 0.536. The molecule has 4 heteroatoms. The molecule has 3 fully saturated rings. The summed E-state index contributed by atoms with van der Waals surface area (Å²) in [5.74, 6) is 1.82. The summed E-state index contributed by atoms with van der Waals surface area (Å²) >= 11 is 0. The molecule has 5 rings (SSSR count). The van der Waals surface area contributed by atoms with Gasteiger partial charge in [-0.2, -0.15) is 0 Å². The molecule has 0 amide bonds. The van der Waals surface area contributed by atoms with E-state index in [0.29, 0.717) is 43.5 Å². The van der Waals surface area contributed by atoms with Crippen LogP contribution in [0.4, 0.5) is 0 Å². The van der Waals surface area contributed by atoms with Gasteiger partial charge in [-0.15, -0.1) is 6.58 Å². The van der Waals surface area contributed by atoms with Gasteiger partial charge in [0, 0.05) is 18.3 Å². The Labute approximate surface area is 191 Å². The van der Waals surface area contributed by atoms with Crippen LogP contribution in [0, 0.1) is 17.3 Å². The van der Waals surface area contributed by atoms with Gasteiger partial charge in [0.25, 0.3) is 0 Å². The average Bonchev–Trinajstić information content (AvgIpc) is 2.96. The highest BCUT2D eigenvalue weighted by Gasteiger charge is 2.60. The third kappa shape index (κ3) is 3.22. The summed E-state index contributed by atoms with van der Waals surface area (Å²) in [7, 11) is 1.68. The summed E-state index contributed by atoms with van der Waals surface area (Å²) in [5.41, 5.74) is 3.89. The molecule has 0 bridgehead atoms. The van der Waals surface area contributed by atoms with Crippen LogP contribution in [0.2, 0.25) is 0 Å². The number of aliphatic hydroxyl groups is 1. The zero-order valence-electron chi connectivity index (χ0n) is 19.2. The number of Topliss-reactive ketones (excluding diaryl/α,β-unsaturated/α-hetero) is 1. The number of rotatable bonds is 4. The molecule has 1 aromatic rings. The Morgan fingerprint density at radius 1 is 1.28 bits per heavy atom. The highest BCUT2D eigenvalue weighted by Crippen LogP contribution is 2.62. The molecule has 3 aliphatic carbocycles. The quantitative estimate of drug-likeness (QED) is 0.637. The fourth-order valence-electron chi connectivity index (χ4n) is 6.92. The zero-order valence-corrected chi connectivity index (χ0v) is 19.2. The van der Waals surface area contributed by atoms with Gasteiger partial charge >= 0.3 is 0 Å². The van der Waals surface area contributed by atoms with Crippen LogP contribution in [0.15, 0.2) is 59.7 Å². The molecular weight excluding hydrogens is 400 g/mol. The molecule has 2 unspecified atom stereocenters. The average molecular weight is 435 g/mol. The van der Waals surface area contributed by atoms with Gasteiger partial charge < -0.3 is 14.6 Å². The summed E-state index contributed by atoms with van der Waals surface area (Å²) in [6, 6.07) is 8.17. The number of ether oxygens (including phenoxy) is 2. The summed E-state index contributed by atoms with van der Waals surface area (Å²) in [5, 5.41) is 11.7. The van der Waals surface area contributed by atoms with Crippen LogP contribution in [0.25, 0.3) is 0 Å². The third-order valence-corrected chi connectivity index (χ3v) is 8.76. The molecule has 170 valence electrons. The first-order valence-electron chi connectivity index (χ1n) is 11.9. The molecule has 4 nitrogen and oxygen atoms in total. The predicted octanol–water partition coefficient (Wildman–Crippen LogP) is 5.49. The van der Waals surface area contributed by atoms with Crippen molar-refractivity contribution < 1.29 is 19.4 Å². The van der Waals surface area contributed by atoms with Gasteiger partial charge in [-0.3, -0.25) is 4.79 Å². The topological polar surface area (TPSA) is 55.8 Å². The van der Waals surface area contributed by atoms with Crippen LogP contribution in [-0.4, -0.2) is 30.2 Å². The molecule has 0 aromatic heterocycles. The van der Waals surface area contributed by atoms with E-state index in [0.717, 1.165) is 37.0 Å². The first-order chi connectivity index (χ1) is 15.4. The van der Waals surface area contributed by atoms with Gasteiger partial charge in [-0.25, -0.2) is 0 Å². The lowest BCUT2D eigenvalue weighted by Gasteiger charge is -2.44. The third-order valence-electron chi connectivity index (χ3n) is 8.76. The van der Waals surface area contributed by atoms with Crippen molar-refractivity contribution in [2.75, 3.05) is 13.7 Å². The Morgan fingerprint density at radius 3 is 2.78 bits per heavy atom. The molecule has 1 aromatic carbocycles. The van der Waals surface area contributed by atoms with E-state index in [9.17, 15) is 9.90 Å². The normalized spacial score (nSPS) is 36.5. The predicted molar refractivity (Wildman–Crippen MR) is 124 cm³/mol. The van der Waals surface area contributed by atoms with Gasteiger partial charge in [0.1, 0.15) is 17.6 Å². The van der Waals surface area contributed by atoms with E-state index in [-0.39, 0.29) is 11.5 Å². The molecular formula is C28H34O4. The van der Waals surface area contributed by atoms with E-state index in [4.69, 9.17) is 9.47 Å². The van der Waals surface area contributed by atoms with Crippen LogP contribution < -0.4 is 4.74 Å². The lowest BCUT2D eigenvalue weighted by Crippen LogP contribution is -2.48. The van der Waals surface area contributed by atoms with Gasteiger partial charge in [-0.05, 0) is 78.4 Å². The number of allylic oxidation sites excluding steroid dienone is 3. The van der Waals surface area contributed by atoms with Gasteiger partial charge in [-0.1, -0.05) is 31.2 Å². The molecule has 32 heavy (non-hydrogen) atoms. The number of carbonyl (C=O) groups excluding carboxylic acids is 1.